The van der Waals surface area contributed by atoms with E-state index in [9.17, 15) is 0 Å². The van der Waals surface area contributed by atoms with E-state index in [0.29, 0.717) is 0 Å². The van der Waals surface area contributed by atoms with Crippen molar-refractivity contribution in [3.63, 3.8) is 0 Å². The molecule has 2 nitrogen and oxygen atoms in total. The molecule has 0 spiro atoms. The molecule has 1 unspecified atom stereocenters. The van der Waals surface area contributed by atoms with Crippen molar-refractivity contribution >= 4 is 27.3 Å². The maximum atomic E-state index is 6.28. The van der Waals surface area contributed by atoms with Crippen LogP contribution < -0.4 is 10.5 Å². The van der Waals surface area contributed by atoms with Gasteiger partial charge in [0, 0.05) is 14.2 Å². The van der Waals surface area contributed by atoms with E-state index < -0.39 is 0 Å². The molecule has 4 heteroatoms. The molecule has 1 heterocycles. The van der Waals surface area contributed by atoms with E-state index in [1.54, 1.807) is 18.4 Å². The Morgan fingerprint density at radius 3 is 2.65 bits per heavy atom. The molecule has 0 radical (unpaired) electrons. The van der Waals surface area contributed by atoms with E-state index >= 15 is 0 Å². The second-order valence-corrected chi connectivity index (χ2v) is 5.99. The van der Waals surface area contributed by atoms with Crippen LogP contribution in [-0.2, 0) is 0 Å². The molecule has 0 bridgehead atoms. The standard InChI is InChI=1S/C13H14BrNOS/c1-8-3-6-12(17-8)13(15)10-7-9(16-2)4-5-11(10)14/h3-7,13H,15H2,1-2H3. The van der Waals surface area contributed by atoms with E-state index in [1.165, 1.54) is 4.88 Å². The molecule has 0 aliphatic carbocycles. The Bertz CT molecular complexity index is 524. The summed E-state index contributed by atoms with van der Waals surface area (Å²) in [5.74, 6) is 0.826. The zero-order valence-electron chi connectivity index (χ0n) is 9.74. The van der Waals surface area contributed by atoms with Gasteiger partial charge < -0.3 is 10.5 Å². The van der Waals surface area contributed by atoms with Crippen LogP contribution in [-0.4, -0.2) is 7.11 Å². The van der Waals surface area contributed by atoms with Gasteiger partial charge in [-0.1, -0.05) is 15.9 Å². The van der Waals surface area contributed by atoms with Crippen LogP contribution in [0.3, 0.4) is 0 Å². The predicted molar refractivity (Wildman–Crippen MR) is 75.8 cm³/mol. The maximum Gasteiger partial charge on any atom is 0.119 e. The van der Waals surface area contributed by atoms with Crippen LogP contribution in [0.4, 0.5) is 0 Å². The summed E-state index contributed by atoms with van der Waals surface area (Å²) in [6, 6.07) is 9.92. The van der Waals surface area contributed by atoms with Gasteiger partial charge in [-0.25, -0.2) is 0 Å². The summed E-state index contributed by atoms with van der Waals surface area (Å²) in [4.78, 5) is 2.44. The van der Waals surface area contributed by atoms with Gasteiger partial charge >= 0.3 is 0 Å². The van der Waals surface area contributed by atoms with E-state index in [1.807, 2.05) is 18.2 Å². The highest BCUT2D eigenvalue weighted by molar-refractivity contribution is 9.10. The summed E-state index contributed by atoms with van der Waals surface area (Å²) in [6.07, 6.45) is 0. The lowest BCUT2D eigenvalue weighted by Gasteiger charge is -2.13. The highest BCUT2D eigenvalue weighted by Crippen LogP contribution is 2.32. The molecular formula is C13H14BrNOS. The van der Waals surface area contributed by atoms with Gasteiger partial charge in [0.1, 0.15) is 5.75 Å². The number of benzene rings is 1. The highest BCUT2D eigenvalue weighted by Gasteiger charge is 2.14. The Labute approximate surface area is 114 Å². The quantitative estimate of drug-likeness (QED) is 0.933. The monoisotopic (exact) mass is 311 g/mol. The molecule has 0 fully saturated rings. The summed E-state index contributed by atoms with van der Waals surface area (Å²) < 4.78 is 6.24. The minimum atomic E-state index is -0.113. The zero-order valence-corrected chi connectivity index (χ0v) is 12.1. The number of hydrogen-bond acceptors (Lipinski definition) is 3. The molecule has 1 aromatic carbocycles. The topological polar surface area (TPSA) is 35.2 Å². The lowest BCUT2D eigenvalue weighted by atomic mass is 10.1. The van der Waals surface area contributed by atoms with Crippen LogP contribution in [0.25, 0.3) is 0 Å². The van der Waals surface area contributed by atoms with Gasteiger partial charge in [-0.05, 0) is 42.8 Å². The first kappa shape index (κ1) is 12.6. The average Bonchev–Trinajstić information content (AvgIpc) is 2.76. The number of aryl methyl sites for hydroxylation is 1. The zero-order chi connectivity index (χ0) is 12.4. The SMILES string of the molecule is COc1ccc(Br)c(C(N)c2ccc(C)s2)c1. The van der Waals surface area contributed by atoms with Crippen molar-refractivity contribution < 1.29 is 4.74 Å². The number of rotatable bonds is 3. The maximum absolute atomic E-state index is 6.28. The summed E-state index contributed by atoms with van der Waals surface area (Å²) in [5.41, 5.74) is 7.33. The second kappa shape index (κ2) is 5.21. The van der Waals surface area contributed by atoms with Crippen molar-refractivity contribution in [2.24, 2.45) is 5.73 Å². The van der Waals surface area contributed by atoms with Crippen molar-refractivity contribution in [2.75, 3.05) is 7.11 Å². The molecule has 0 amide bonds. The Balaban J connectivity index is 2.39. The Morgan fingerprint density at radius 2 is 2.06 bits per heavy atom. The average molecular weight is 312 g/mol. The van der Waals surface area contributed by atoms with Crippen molar-refractivity contribution in [1.82, 2.24) is 0 Å². The number of hydrogen-bond donors (Lipinski definition) is 1. The summed E-state index contributed by atoms with van der Waals surface area (Å²) in [7, 11) is 1.66. The number of ether oxygens (including phenoxy) is 1. The molecule has 90 valence electrons. The largest absolute Gasteiger partial charge is 0.497 e. The molecule has 0 aliphatic rings. The van der Waals surface area contributed by atoms with E-state index in [-0.39, 0.29) is 6.04 Å². The van der Waals surface area contributed by atoms with Gasteiger partial charge in [-0.3, -0.25) is 0 Å². The molecule has 1 atom stereocenters. The predicted octanol–water partition coefficient (Wildman–Crippen LogP) is 3.88. The molecule has 1 aromatic heterocycles. The number of thiophene rings is 1. The van der Waals surface area contributed by atoms with Crippen LogP contribution in [0.1, 0.15) is 21.4 Å². The number of methoxy groups -OCH3 is 1. The van der Waals surface area contributed by atoms with Crippen LogP contribution in [0.2, 0.25) is 0 Å². The first-order valence-corrected chi connectivity index (χ1v) is 6.88. The second-order valence-electron chi connectivity index (χ2n) is 3.81. The van der Waals surface area contributed by atoms with E-state index in [2.05, 4.69) is 35.0 Å². The normalized spacial score (nSPS) is 12.5. The molecule has 0 saturated carbocycles. The molecule has 2 aromatic rings. The lowest BCUT2D eigenvalue weighted by Crippen LogP contribution is -2.11. The Kier molecular flexibility index (Phi) is 3.86. The van der Waals surface area contributed by atoms with Gasteiger partial charge in [-0.15, -0.1) is 11.3 Å². The molecule has 0 aliphatic heterocycles. The third-order valence-electron chi connectivity index (χ3n) is 2.61. The minimum absolute atomic E-state index is 0.113. The summed E-state index contributed by atoms with van der Waals surface area (Å²) in [5, 5.41) is 0. The van der Waals surface area contributed by atoms with Gasteiger partial charge in [0.05, 0.1) is 13.2 Å². The van der Waals surface area contributed by atoms with Crippen LogP contribution >= 0.6 is 27.3 Å². The van der Waals surface area contributed by atoms with Crippen molar-refractivity contribution in [3.8, 4) is 5.75 Å². The molecule has 17 heavy (non-hydrogen) atoms. The van der Waals surface area contributed by atoms with E-state index in [0.717, 1.165) is 20.7 Å². The Morgan fingerprint density at radius 1 is 1.29 bits per heavy atom. The van der Waals surface area contributed by atoms with Crippen LogP contribution in [0.5, 0.6) is 5.75 Å². The third-order valence-corrected chi connectivity index (χ3v) is 4.41. The fourth-order valence-electron chi connectivity index (χ4n) is 1.66. The molecule has 2 rings (SSSR count). The molecule has 0 saturated heterocycles. The molecule has 2 N–H and O–H groups in total. The molecular weight excluding hydrogens is 298 g/mol. The minimum Gasteiger partial charge on any atom is -0.497 e. The van der Waals surface area contributed by atoms with Crippen molar-refractivity contribution in [2.45, 2.75) is 13.0 Å². The summed E-state index contributed by atoms with van der Waals surface area (Å²) >= 11 is 5.26. The smallest absolute Gasteiger partial charge is 0.119 e. The van der Waals surface area contributed by atoms with Crippen molar-refractivity contribution in [1.29, 1.82) is 0 Å². The van der Waals surface area contributed by atoms with E-state index in [4.69, 9.17) is 10.5 Å². The van der Waals surface area contributed by atoms with Gasteiger partial charge in [0.25, 0.3) is 0 Å². The van der Waals surface area contributed by atoms with Crippen LogP contribution in [0.15, 0.2) is 34.8 Å². The van der Waals surface area contributed by atoms with Gasteiger partial charge in [0.2, 0.25) is 0 Å². The fourth-order valence-corrected chi connectivity index (χ4v) is 3.05. The van der Waals surface area contributed by atoms with Gasteiger partial charge in [0.15, 0.2) is 0 Å². The first-order chi connectivity index (χ1) is 8.11. The highest BCUT2D eigenvalue weighted by atomic mass is 79.9. The number of nitrogens with two attached hydrogens (primary N) is 1. The fraction of sp³-hybridized carbons (Fsp3) is 0.231. The number of halogens is 1. The summed E-state index contributed by atoms with van der Waals surface area (Å²) in [6.45, 7) is 2.08. The van der Waals surface area contributed by atoms with Crippen LogP contribution in [0, 0.1) is 6.92 Å². The Hall–Kier alpha value is -0.840. The first-order valence-electron chi connectivity index (χ1n) is 5.27. The lowest BCUT2D eigenvalue weighted by molar-refractivity contribution is 0.414. The van der Waals surface area contributed by atoms with Gasteiger partial charge in [-0.2, -0.15) is 0 Å². The third kappa shape index (κ3) is 2.70. The van der Waals surface area contributed by atoms with Crippen molar-refractivity contribution in [3.05, 3.63) is 50.1 Å².